The molecule has 0 aromatic carbocycles. The number of nitrogens with zero attached hydrogens (tertiary/aromatic N) is 1. The first-order valence-corrected chi connectivity index (χ1v) is 6.60. The highest BCUT2D eigenvalue weighted by atomic mass is 16.5. The highest BCUT2D eigenvalue weighted by molar-refractivity contribution is 5.89. The van der Waals surface area contributed by atoms with Gasteiger partial charge in [0.15, 0.2) is 0 Å². The Morgan fingerprint density at radius 2 is 2.11 bits per heavy atom. The Morgan fingerprint density at radius 1 is 1.39 bits per heavy atom. The summed E-state index contributed by atoms with van der Waals surface area (Å²) in [6.45, 7) is 4.49. The maximum atomic E-state index is 12.0. The highest BCUT2D eigenvalue weighted by Gasteiger charge is 2.27. The van der Waals surface area contributed by atoms with Gasteiger partial charge in [0.1, 0.15) is 11.8 Å². The molecule has 4 nitrogen and oxygen atoms in total. The third-order valence-corrected chi connectivity index (χ3v) is 4.06. The second-order valence-corrected chi connectivity index (χ2v) is 5.56. The lowest BCUT2D eigenvalue weighted by Gasteiger charge is -2.31. The van der Waals surface area contributed by atoms with Gasteiger partial charge in [0, 0.05) is 13.2 Å². The van der Waals surface area contributed by atoms with Crippen molar-refractivity contribution >= 4 is 11.7 Å². The Kier molecular flexibility index (Phi) is 3.64. The first-order chi connectivity index (χ1) is 8.47. The van der Waals surface area contributed by atoms with Crippen molar-refractivity contribution in [1.29, 1.82) is 0 Å². The maximum Gasteiger partial charge on any atom is 0.355 e. The number of ether oxygens (including phenoxy) is 1. The van der Waals surface area contributed by atoms with Gasteiger partial charge < -0.3 is 15.0 Å². The number of carbonyl (C=O) groups excluding carboxylic acids is 1. The van der Waals surface area contributed by atoms with Crippen molar-refractivity contribution in [1.82, 2.24) is 4.57 Å². The molecule has 0 spiro atoms. The molecule has 2 rings (SSSR count). The predicted molar refractivity (Wildman–Crippen MR) is 71.2 cm³/mol. The van der Waals surface area contributed by atoms with Crippen LogP contribution in [-0.4, -0.2) is 16.6 Å². The van der Waals surface area contributed by atoms with Crippen LogP contribution in [-0.2, 0) is 11.8 Å². The molecular formula is C14H22N2O2. The van der Waals surface area contributed by atoms with Crippen molar-refractivity contribution in [3.63, 3.8) is 0 Å². The average Bonchev–Trinajstić information content (AvgIpc) is 2.63. The molecule has 3 atom stereocenters. The van der Waals surface area contributed by atoms with E-state index < -0.39 is 0 Å². The number of aromatic nitrogens is 1. The fraction of sp³-hybridized carbons (Fsp3) is 0.643. The molecule has 2 N–H and O–H groups in total. The molecule has 0 bridgehead atoms. The number of hydrogen-bond donors (Lipinski definition) is 1. The fourth-order valence-corrected chi connectivity index (χ4v) is 2.61. The quantitative estimate of drug-likeness (QED) is 0.821. The van der Waals surface area contributed by atoms with Crippen LogP contribution in [0.4, 0.5) is 5.69 Å². The molecule has 4 heteroatoms. The van der Waals surface area contributed by atoms with E-state index in [1.807, 2.05) is 0 Å². The van der Waals surface area contributed by atoms with Crippen LogP contribution in [0.2, 0.25) is 0 Å². The Morgan fingerprint density at radius 3 is 2.67 bits per heavy atom. The molecule has 0 aliphatic heterocycles. The standard InChI is InChI=1S/C14H22N2O2/c1-9-4-5-12(6-10(9)2)18-14(17)13-7-11(15)8-16(13)3/h7-10,12H,4-6,15H2,1-3H3. The maximum absolute atomic E-state index is 12.0. The summed E-state index contributed by atoms with van der Waals surface area (Å²) in [7, 11) is 1.80. The molecule has 1 saturated carbocycles. The third kappa shape index (κ3) is 2.68. The summed E-state index contributed by atoms with van der Waals surface area (Å²) in [5.74, 6) is 1.08. The van der Waals surface area contributed by atoms with Crippen LogP contribution in [0.1, 0.15) is 43.6 Å². The van der Waals surface area contributed by atoms with Gasteiger partial charge in [-0.1, -0.05) is 13.8 Å². The van der Waals surface area contributed by atoms with Crippen molar-refractivity contribution in [2.75, 3.05) is 5.73 Å². The topological polar surface area (TPSA) is 57.2 Å². The monoisotopic (exact) mass is 250 g/mol. The molecule has 18 heavy (non-hydrogen) atoms. The number of carbonyl (C=O) groups is 1. The summed E-state index contributed by atoms with van der Waals surface area (Å²) >= 11 is 0. The minimum absolute atomic E-state index is 0.0554. The molecule has 1 aromatic rings. The van der Waals surface area contributed by atoms with Gasteiger partial charge in [-0.3, -0.25) is 0 Å². The number of rotatable bonds is 2. The van der Waals surface area contributed by atoms with Crippen LogP contribution < -0.4 is 5.73 Å². The molecule has 1 aromatic heterocycles. The van der Waals surface area contributed by atoms with Crippen molar-refractivity contribution in [3.8, 4) is 0 Å². The van der Waals surface area contributed by atoms with Gasteiger partial charge in [-0.25, -0.2) is 4.79 Å². The normalized spacial score (nSPS) is 28.1. The number of hydrogen-bond acceptors (Lipinski definition) is 3. The van der Waals surface area contributed by atoms with Crippen molar-refractivity contribution < 1.29 is 9.53 Å². The van der Waals surface area contributed by atoms with Gasteiger partial charge in [-0.05, 0) is 37.2 Å². The third-order valence-electron chi connectivity index (χ3n) is 4.06. The largest absolute Gasteiger partial charge is 0.458 e. The molecule has 0 saturated heterocycles. The van der Waals surface area contributed by atoms with E-state index >= 15 is 0 Å². The Hall–Kier alpha value is -1.45. The number of anilines is 1. The van der Waals surface area contributed by atoms with E-state index in [-0.39, 0.29) is 12.1 Å². The van der Waals surface area contributed by atoms with E-state index in [1.165, 1.54) is 0 Å². The Bertz CT molecular complexity index is 439. The second-order valence-electron chi connectivity index (χ2n) is 5.56. The lowest BCUT2D eigenvalue weighted by atomic mass is 9.80. The lowest BCUT2D eigenvalue weighted by molar-refractivity contribution is 0.00783. The first-order valence-electron chi connectivity index (χ1n) is 6.60. The van der Waals surface area contributed by atoms with Crippen molar-refractivity contribution in [2.45, 2.75) is 39.2 Å². The summed E-state index contributed by atoms with van der Waals surface area (Å²) in [4.78, 5) is 12.0. The molecule has 1 fully saturated rings. The van der Waals surface area contributed by atoms with Crippen LogP contribution in [0.15, 0.2) is 12.3 Å². The molecule has 3 unspecified atom stereocenters. The number of aryl methyl sites for hydroxylation is 1. The average molecular weight is 250 g/mol. The van der Waals surface area contributed by atoms with E-state index in [9.17, 15) is 4.79 Å². The zero-order valence-corrected chi connectivity index (χ0v) is 11.3. The summed E-state index contributed by atoms with van der Waals surface area (Å²) in [6.07, 6.45) is 4.85. The first kappa shape index (κ1) is 13.0. The van der Waals surface area contributed by atoms with Crippen molar-refractivity contribution in [2.24, 2.45) is 18.9 Å². The number of esters is 1. The predicted octanol–water partition coefficient (Wildman–Crippen LogP) is 2.59. The van der Waals surface area contributed by atoms with Crippen LogP contribution in [0.5, 0.6) is 0 Å². The smallest absolute Gasteiger partial charge is 0.355 e. The lowest BCUT2D eigenvalue weighted by Crippen LogP contribution is -2.29. The van der Waals surface area contributed by atoms with E-state index in [1.54, 1.807) is 23.9 Å². The molecule has 1 aliphatic rings. The second kappa shape index (κ2) is 5.04. The van der Waals surface area contributed by atoms with Gasteiger partial charge in [0.2, 0.25) is 0 Å². The summed E-state index contributed by atoms with van der Waals surface area (Å²) < 4.78 is 7.29. The van der Waals surface area contributed by atoms with Crippen LogP contribution in [0.3, 0.4) is 0 Å². The van der Waals surface area contributed by atoms with Gasteiger partial charge in [0.25, 0.3) is 0 Å². The molecule has 0 radical (unpaired) electrons. The minimum Gasteiger partial charge on any atom is -0.458 e. The SMILES string of the molecule is CC1CCC(OC(=O)c2cc(N)cn2C)CC1C. The zero-order valence-electron chi connectivity index (χ0n) is 11.3. The fourth-order valence-electron chi connectivity index (χ4n) is 2.61. The molecule has 100 valence electrons. The highest BCUT2D eigenvalue weighted by Crippen LogP contribution is 2.31. The Balaban J connectivity index is 1.98. The van der Waals surface area contributed by atoms with Gasteiger partial charge in [-0.2, -0.15) is 0 Å². The van der Waals surface area contributed by atoms with E-state index in [4.69, 9.17) is 10.5 Å². The minimum atomic E-state index is -0.263. The molecule has 1 aliphatic carbocycles. The zero-order chi connectivity index (χ0) is 13.3. The molecule has 1 heterocycles. The summed E-state index contributed by atoms with van der Waals surface area (Å²) in [6, 6.07) is 1.66. The molecular weight excluding hydrogens is 228 g/mol. The van der Waals surface area contributed by atoms with Crippen molar-refractivity contribution in [3.05, 3.63) is 18.0 Å². The summed E-state index contributed by atoms with van der Waals surface area (Å²) in [5, 5.41) is 0. The van der Waals surface area contributed by atoms with E-state index in [2.05, 4.69) is 13.8 Å². The van der Waals surface area contributed by atoms with Crippen LogP contribution in [0.25, 0.3) is 0 Å². The van der Waals surface area contributed by atoms with E-state index in [0.29, 0.717) is 17.3 Å². The van der Waals surface area contributed by atoms with Crippen LogP contribution >= 0.6 is 0 Å². The Labute approximate surface area is 108 Å². The van der Waals surface area contributed by atoms with Gasteiger partial charge in [0.05, 0.1) is 5.69 Å². The van der Waals surface area contributed by atoms with Gasteiger partial charge in [-0.15, -0.1) is 0 Å². The number of nitrogens with two attached hydrogens (primary N) is 1. The van der Waals surface area contributed by atoms with Crippen LogP contribution in [0, 0.1) is 11.8 Å². The summed E-state index contributed by atoms with van der Waals surface area (Å²) in [5.41, 5.74) is 6.78. The number of nitrogen functional groups attached to an aromatic ring is 1. The molecule has 0 amide bonds. The van der Waals surface area contributed by atoms with Gasteiger partial charge >= 0.3 is 5.97 Å². The van der Waals surface area contributed by atoms with E-state index in [0.717, 1.165) is 25.2 Å².